The second kappa shape index (κ2) is 12.9. The van der Waals surface area contributed by atoms with E-state index >= 15 is 0 Å². The summed E-state index contributed by atoms with van der Waals surface area (Å²) >= 11 is 7.45. The van der Waals surface area contributed by atoms with Gasteiger partial charge in [-0.15, -0.1) is 0 Å². The fourth-order valence-electron chi connectivity index (χ4n) is 4.99. The van der Waals surface area contributed by atoms with Gasteiger partial charge in [-0.05, 0) is 49.7 Å². The molecule has 44 heavy (non-hydrogen) atoms. The number of methoxy groups -OCH3 is 2. The summed E-state index contributed by atoms with van der Waals surface area (Å²) in [6.45, 7) is 3.83. The lowest BCUT2D eigenvalue weighted by Gasteiger charge is -2.27. The minimum atomic E-state index is -0.908. The van der Waals surface area contributed by atoms with E-state index in [1.54, 1.807) is 43.3 Å². The van der Waals surface area contributed by atoms with Crippen molar-refractivity contribution in [2.24, 2.45) is 4.99 Å². The first-order valence-electron chi connectivity index (χ1n) is 13.7. The zero-order valence-electron chi connectivity index (χ0n) is 24.3. The molecule has 1 aliphatic rings. The first kappa shape index (κ1) is 30.8. The number of rotatable bonds is 10. The number of carbonyl (C=O) groups excluding carboxylic acids is 1. The van der Waals surface area contributed by atoms with Crippen molar-refractivity contribution in [3.8, 4) is 22.8 Å². The van der Waals surface area contributed by atoms with Crippen LogP contribution in [-0.2, 0) is 9.53 Å². The van der Waals surface area contributed by atoms with Crippen molar-refractivity contribution in [2.75, 3.05) is 20.8 Å². The Labute approximate surface area is 260 Å². The second-order valence-electron chi connectivity index (χ2n) is 9.64. The number of nitrogens with zero attached hydrogens (tertiary/aromatic N) is 3. The fourth-order valence-corrected chi connectivity index (χ4v) is 6.20. The van der Waals surface area contributed by atoms with Gasteiger partial charge in [0.05, 0.1) is 46.6 Å². The molecule has 2 aromatic heterocycles. The second-order valence-corrected chi connectivity index (χ2v) is 11.1. The molecule has 0 aliphatic carbocycles. The molecular weight excluding hydrogens is 610 g/mol. The van der Waals surface area contributed by atoms with Crippen molar-refractivity contribution in [3.63, 3.8) is 0 Å². The molecule has 13 heteroatoms. The number of allylic oxidation sites excluding steroid dienone is 1. The number of aromatic nitrogens is 1. The van der Waals surface area contributed by atoms with Gasteiger partial charge in [-0.2, -0.15) is 0 Å². The molecule has 0 unspecified atom stereocenters. The largest absolute Gasteiger partial charge is 0.497 e. The lowest BCUT2D eigenvalue weighted by molar-refractivity contribution is -0.384. The number of halogens is 1. The molecule has 0 amide bonds. The van der Waals surface area contributed by atoms with Gasteiger partial charge in [0.15, 0.2) is 4.80 Å². The number of thiazole rings is 1. The van der Waals surface area contributed by atoms with Gasteiger partial charge in [0.1, 0.15) is 29.1 Å². The predicted octanol–water partition coefficient (Wildman–Crippen LogP) is 5.42. The molecule has 0 bridgehead atoms. The summed E-state index contributed by atoms with van der Waals surface area (Å²) in [5.41, 5.74) is 1.10. The number of hydrogen-bond donors (Lipinski definition) is 0. The third-order valence-corrected chi connectivity index (χ3v) is 8.26. The average Bonchev–Trinajstić information content (AvgIpc) is 3.60. The smallest absolute Gasteiger partial charge is 0.338 e. The topological polar surface area (TPSA) is 135 Å². The Balaban J connectivity index is 1.71. The van der Waals surface area contributed by atoms with Crippen LogP contribution in [-0.4, -0.2) is 36.3 Å². The Morgan fingerprint density at radius 2 is 1.95 bits per heavy atom. The summed E-state index contributed by atoms with van der Waals surface area (Å²) in [6.07, 6.45) is 2.74. The molecule has 0 saturated carbocycles. The molecule has 3 heterocycles. The van der Waals surface area contributed by atoms with Crippen LogP contribution >= 0.6 is 22.9 Å². The molecular formula is C31H28ClN3O8S. The molecule has 11 nitrogen and oxygen atoms in total. The van der Waals surface area contributed by atoms with Crippen LogP contribution in [0.3, 0.4) is 0 Å². The summed E-state index contributed by atoms with van der Waals surface area (Å²) in [5.74, 6) is 1.01. The van der Waals surface area contributed by atoms with Crippen LogP contribution < -0.4 is 24.4 Å². The lowest BCUT2D eigenvalue weighted by Crippen LogP contribution is -2.40. The highest BCUT2D eigenvalue weighted by Crippen LogP contribution is 2.39. The third kappa shape index (κ3) is 5.78. The number of benzene rings is 2. The van der Waals surface area contributed by atoms with Crippen molar-refractivity contribution in [3.05, 3.63) is 106 Å². The van der Waals surface area contributed by atoms with Crippen LogP contribution in [0.4, 0.5) is 5.69 Å². The highest BCUT2D eigenvalue weighted by molar-refractivity contribution is 7.07. The molecule has 1 aliphatic heterocycles. The SMILES string of the molecule is CCCC1=C(C(=O)OCC)[C@H](c2cc(OC)ccc2OC)n2c(s/c(=C\c3ccc(-c4cc([N+](=O)[O-])ccc4Cl)o3)c2=O)=N1. The van der Waals surface area contributed by atoms with Crippen LogP contribution in [0.15, 0.2) is 74.0 Å². The van der Waals surface area contributed by atoms with E-state index in [1.807, 2.05) is 6.92 Å². The van der Waals surface area contributed by atoms with E-state index in [4.69, 9.17) is 35.2 Å². The third-order valence-electron chi connectivity index (χ3n) is 6.95. The van der Waals surface area contributed by atoms with Gasteiger partial charge in [0.25, 0.3) is 11.2 Å². The molecule has 2 aromatic carbocycles. The first-order chi connectivity index (χ1) is 21.2. The monoisotopic (exact) mass is 637 g/mol. The molecule has 0 radical (unpaired) electrons. The number of carbonyl (C=O) groups is 1. The minimum Gasteiger partial charge on any atom is -0.497 e. The van der Waals surface area contributed by atoms with E-state index in [2.05, 4.69) is 0 Å². The number of non-ortho nitro benzene ring substituents is 1. The molecule has 0 spiro atoms. The van der Waals surface area contributed by atoms with Crippen molar-refractivity contribution in [2.45, 2.75) is 32.7 Å². The number of fused-ring (bicyclic) bond motifs is 1. The van der Waals surface area contributed by atoms with Crippen molar-refractivity contribution >= 4 is 40.7 Å². The van der Waals surface area contributed by atoms with Crippen LogP contribution in [0.5, 0.6) is 11.5 Å². The summed E-state index contributed by atoms with van der Waals surface area (Å²) in [7, 11) is 3.04. The maximum absolute atomic E-state index is 14.1. The van der Waals surface area contributed by atoms with Crippen LogP contribution in [0, 0.1) is 10.1 Å². The van der Waals surface area contributed by atoms with Gasteiger partial charge >= 0.3 is 5.97 Å². The van der Waals surface area contributed by atoms with Gasteiger partial charge in [-0.3, -0.25) is 19.5 Å². The van der Waals surface area contributed by atoms with E-state index in [9.17, 15) is 19.7 Å². The van der Waals surface area contributed by atoms with Crippen LogP contribution in [0.1, 0.15) is 44.1 Å². The molecule has 0 N–H and O–H groups in total. The first-order valence-corrected chi connectivity index (χ1v) is 14.9. The molecule has 1 atom stereocenters. The Morgan fingerprint density at radius 3 is 2.64 bits per heavy atom. The standard InChI is InChI=1S/C31H28ClN3O8S/c1-5-7-23-27(30(37)42-6-2)28(21-15-18(40-3)9-12-24(21)41-4)34-29(36)26(44-31(34)33-23)16-19-10-13-25(43-19)20-14-17(35(38)39)8-11-22(20)32/h8-16,28H,5-7H2,1-4H3/b26-16-/t28-/m0/s1. The zero-order valence-corrected chi connectivity index (χ0v) is 25.9. The van der Waals surface area contributed by atoms with Crippen molar-refractivity contribution in [1.29, 1.82) is 0 Å². The van der Waals surface area contributed by atoms with Crippen LogP contribution in [0.2, 0.25) is 5.02 Å². The van der Waals surface area contributed by atoms with Crippen LogP contribution in [0.25, 0.3) is 17.4 Å². The molecule has 0 fully saturated rings. The normalized spacial score (nSPS) is 14.7. The summed E-state index contributed by atoms with van der Waals surface area (Å²) in [4.78, 5) is 43.5. The Bertz CT molecular complexity index is 1970. The van der Waals surface area contributed by atoms with E-state index in [0.29, 0.717) is 62.0 Å². The molecule has 5 rings (SSSR count). The molecule has 228 valence electrons. The van der Waals surface area contributed by atoms with Gasteiger partial charge < -0.3 is 18.6 Å². The molecule has 4 aromatic rings. The quantitative estimate of drug-likeness (QED) is 0.128. The van der Waals surface area contributed by atoms with E-state index < -0.39 is 22.5 Å². The van der Waals surface area contributed by atoms with Gasteiger partial charge in [-0.25, -0.2) is 9.79 Å². The number of esters is 1. The number of furan rings is 1. The lowest BCUT2D eigenvalue weighted by atomic mass is 9.93. The highest BCUT2D eigenvalue weighted by Gasteiger charge is 2.36. The molecule has 0 saturated heterocycles. The number of ether oxygens (including phenoxy) is 3. The zero-order chi connectivity index (χ0) is 31.5. The fraction of sp³-hybridized carbons (Fsp3) is 0.258. The van der Waals surface area contributed by atoms with E-state index in [0.717, 1.165) is 11.3 Å². The number of hydrogen-bond acceptors (Lipinski definition) is 10. The summed E-state index contributed by atoms with van der Waals surface area (Å²) in [5, 5.41) is 11.6. The predicted molar refractivity (Wildman–Crippen MR) is 165 cm³/mol. The van der Waals surface area contributed by atoms with Crippen molar-refractivity contribution in [1.82, 2.24) is 4.57 Å². The highest BCUT2D eigenvalue weighted by atomic mass is 35.5. The van der Waals surface area contributed by atoms with E-state index in [-0.39, 0.29) is 22.9 Å². The van der Waals surface area contributed by atoms with Gasteiger partial charge in [-0.1, -0.05) is 36.3 Å². The minimum absolute atomic E-state index is 0.135. The summed E-state index contributed by atoms with van der Waals surface area (Å²) < 4.78 is 24.3. The Morgan fingerprint density at radius 1 is 1.16 bits per heavy atom. The number of nitro benzene ring substituents is 1. The average molecular weight is 638 g/mol. The Hall–Kier alpha value is -4.68. The maximum atomic E-state index is 14.1. The van der Waals surface area contributed by atoms with Gasteiger partial charge in [0, 0.05) is 29.3 Å². The van der Waals surface area contributed by atoms with Gasteiger partial charge in [0.2, 0.25) is 0 Å². The maximum Gasteiger partial charge on any atom is 0.338 e. The Kier molecular flexibility index (Phi) is 9.02. The number of nitro groups is 1. The van der Waals surface area contributed by atoms with Crippen molar-refractivity contribution < 1.29 is 28.3 Å². The summed E-state index contributed by atoms with van der Waals surface area (Å²) in [6, 6.07) is 11.6. The van der Waals surface area contributed by atoms with E-state index in [1.165, 1.54) is 37.0 Å².